The molecule has 0 amide bonds. The minimum Gasteiger partial charge on any atom is -0.423 e. The Kier molecular flexibility index (Phi) is 12.2. The lowest BCUT2D eigenvalue weighted by Crippen LogP contribution is -2.54. The van der Waals surface area contributed by atoms with Gasteiger partial charge in [0.15, 0.2) is 0 Å². The molecule has 0 bridgehead atoms. The van der Waals surface area contributed by atoms with E-state index in [0.717, 1.165) is 36.0 Å². The van der Waals surface area contributed by atoms with Crippen LogP contribution in [0.2, 0.25) is 0 Å². The fourth-order valence-electron chi connectivity index (χ4n) is 6.59. The first-order chi connectivity index (χ1) is 26.5. The summed E-state index contributed by atoms with van der Waals surface area (Å²) in [5.74, 6) is 0.0600. The molecule has 0 saturated carbocycles. The number of aromatic nitrogens is 3. The molecular weight excluding hydrogens is 695 g/mol. The van der Waals surface area contributed by atoms with Gasteiger partial charge in [-0.15, -0.1) is 19.7 Å². The predicted molar refractivity (Wildman–Crippen MR) is 214 cm³/mol. The van der Waals surface area contributed by atoms with Gasteiger partial charge in [-0.05, 0) is 71.5 Å². The molecule has 1 aliphatic rings. The molecule has 6 rings (SSSR count). The van der Waals surface area contributed by atoms with Gasteiger partial charge in [-0.3, -0.25) is 0 Å². The van der Waals surface area contributed by atoms with E-state index in [9.17, 15) is 24.0 Å². The van der Waals surface area contributed by atoms with Crippen molar-refractivity contribution in [1.29, 1.82) is 0 Å². The quantitative estimate of drug-likeness (QED) is 0.0591. The number of esters is 2. The van der Waals surface area contributed by atoms with Gasteiger partial charge < -0.3 is 9.47 Å². The van der Waals surface area contributed by atoms with Crippen molar-refractivity contribution in [3.8, 4) is 22.6 Å². The SMILES string of the molecule is C=C(C)C(=O)Oc1ccc(C2(c3ccc(OC(=O)/C=C/C)cc3)c3ccccc3-c3ccccc32)cc1.C=CCn1c(=O)n(CC=C)c(=O)n(CC=C)c1=O. The maximum absolute atomic E-state index is 12.1. The third-order valence-corrected chi connectivity index (χ3v) is 8.93. The van der Waals surface area contributed by atoms with Crippen molar-refractivity contribution in [3.05, 3.63) is 213 Å². The van der Waals surface area contributed by atoms with E-state index in [4.69, 9.17) is 9.47 Å². The molecule has 278 valence electrons. The van der Waals surface area contributed by atoms with Crippen LogP contribution >= 0.6 is 0 Å². The molecule has 0 fully saturated rings. The fraction of sp³-hybridized carbons (Fsp3) is 0.133. The van der Waals surface area contributed by atoms with Gasteiger partial charge in [0.2, 0.25) is 0 Å². The number of hydrogen-bond donors (Lipinski definition) is 0. The Hall–Kier alpha value is -7.07. The Morgan fingerprint density at radius 1 is 0.618 bits per heavy atom. The van der Waals surface area contributed by atoms with E-state index >= 15 is 0 Å². The first kappa shape index (κ1) is 39.1. The Morgan fingerprint density at radius 3 is 1.36 bits per heavy atom. The summed E-state index contributed by atoms with van der Waals surface area (Å²) in [5, 5.41) is 0. The monoisotopic (exact) mass is 735 g/mol. The number of allylic oxidation sites excluding steroid dienone is 4. The Morgan fingerprint density at radius 2 is 1.00 bits per heavy atom. The Labute approximate surface area is 318 Å². The van der Waals surface area contributed by atoms with Crippen molar-refractivity contribution in [1.82, 2.24) is 13.7 Å². The number of benzene rings is 4. The van der Waals surface area contributed by atoms with Crippen molar-refractivity contribution in [2.75, 3.05) is 0 Å². The second-order valence-corrected chi connectivity index (χ2v) is 12.5. The highest BCUT2D eigenvalue weighted by Crippen LogP contribution is 2.56. The highest BCUT2D eigenvalue weighted by atomic mass is 16.5. The maximum atomic E-state index is 12.1. The molecule has 0 atom stereocenters. The van der Waals surface area contributed by atoms with Crippen molar-refractivity contribution < 1.29 is 19.1 Å². The summed E-state index contributed by atoms with van der Waals surface area (Å²) in [7, 11) is 0. The zero-order chi connectivity index (χ0) is 39.7. The van der Waals surface area contributed by atoms with E-state index in [0.29, 0.717) is 17.1 Å². The van der Waals surface area contributed by atoms with E-state index in [1.54, 1.807) is 19.9 Å². The number of nitrogens with zero attached hydrogens (tertiary/aromatic N) is 3. The van der Waals surface area contributed by atoms with Crippen LogP contribution in [0.4, 0.5) is 0 Å². The van der Waals surface area contributed by atoms with Gasteiger partial charge in [0.25, 0.3) is 0 Å². The van der Waals surface area contributed by atoms with Gasteiger partial charge >= 0.3 is 29.0 Å². The molecule has 10 nitrogen and oxygen atoms in total. The van der Waals surface area contributed by atoms with Crippen molar-refractivity contribution in [2.24, 2.45) is 0 Å². The largest absolute Gasteiger partial charge is 0.423 e. The molecule has 1 aromatic heterocycles. The summed E-state index contributed by atoms with van der Waals surface area (Å²) in [4.78, 5) is 59.8. The standard InChI is InChI=1S/C33H26O4.C12H15N3O3/c1-4-9-31(34)36-25-18-14-23(15-19-25)33(24-16-20-26(21-17-24)37-32(35)22(2)3)29-12-7-5-10-27(29)28-11-6-8-13-30(28)33;1-4-7-13-10(16)14(8-5-2)12(18)15(9-6-3)11(13)17/h4-21H,2H2,1,3H3;4-6H,1-3,7-9H2/b9-4+;. The zero-order valence-corrected chi connectivity index (χ0v) is 30.8. The molecule has 0 aliphatic heterocycles. The van der Waals surface area contributed by atoms with Gasteiger partial charge in [-0.2, -0.15) is 0 Å². The minimum atomic E-state index is -0.662. The summed E-state index contributed by atoms with van der Waals surface area (Å²) in [6.07, 6.45) is 7.30. The van der Waals surface area contributed by atoms with Crippen molar-refractivity contribution in [3.63, 3.8) is 0 Å². The number of carbonyl (C=O) groups is 2. The van der Waals surface area contributed by atoms with Crippen LogP contribution in [0.1, 0.15) is 36.1 Å². The maximum Gasteiger partial charge on any atom is 0.338 e. The number of ether oxygens (including phenoxy) is 2. The molecule has 0 saturated heterocycles. The topological polar surface area (TPSA) is 119 Å². The van der Waals surface area contributed by atoms with Crippen LogP contribution in [0.25, 0.3) is 11.1 Å². The molecule has 0 unspecified atom stereocenters. The minimum absolute atomic E-state index is 0.0478. The molecule has 1 aliphatic carbocycles. The first-order valence-electron chi connectivity index (χ1n) is 17.4. The predicted octanol–water partition coefficient (Wildman–Crippen LogP) is 6.74. The highest BCUT2D eigenvalue weighted by molar-refractivity contribution is 5.89. The number of carbonyl (C=O) groups excluding carboxylic acids is 2. The molecule has 0 spiro atoms. The second-order valence-electron chi connectivity index (χ2n) is 12.5. The lowest BCUT2D eigenvalue weighted by Gasteiger charge is -2.34. The summed E-state index contributed by atoms with van der Waals surface area (Å²) >= 11 is 0. The van der Waals surface area contributed by atoms with Gasteiger partial charge in [-0.25, -0.2) is 37.7 Å². The van der Waals surface area contributed by atoms with E-state index in [-0.39, 0.29) is 19.6 Å². The van der Waals surface area contributed by atoms with Crippen LogP contribution < -0.4 is 26.5 Å². The third kappa shape index (κ3) is 7.70. The van der Waals surface area contributed by atoms with Crippen LogP contribution in [0, 0.1) is 0 Å². The lowest BCUT2D eigenvalue weighted by molar-refractivity contribution is -0.130. The zero-order valence-electron chi connectivity index (χ0n) is 30.8. The summed E-state index contributed by atoms with van der Waals surface area (Å²) < 4.78 is 13.7. The molecule has 0 radical (unpaired) electrons. The molecule has 10 heteroatoms. The van der Waals surface area contributed by atoms with Gasteiger partial charge in [0.05, 0.1) is 25.0 Å². The second kappa shape index (κ2) is 17.2. The molecule has 55 heavy (non-hydrogen) atoms. The smallest absolute Gasteiger partial charge is 0.338 e. The average Bonchev–Trinajstić information content (AvgIpc) is 3.49. The summed E-state index contributed by atoms with van der Waals surface area (Å²) in [6.45, 7) is 17.6. The van der Waals surface area contributed by atoms with E-state index in [2.05, 4.69) is 74.8 Å². The number of hydrogen-bond acceptors (Lipinski definition) is 7. The highest BCUT2D eigenvalue weighted by Gasteiger charge is 2.45. The number of fused-ring (bicyclic) bond motifs is 3. The third-order valence-electron chi connectivity index (χ3n) is 8.93. The lowest BCUT2D eigenvalue weighted by atomic mass is 9.68. The Balaban J connectivity index is 0.000000272. The first-order valence-corrected chi connectivity index (χ1v) is 17.4. The Bertz CT molecular complexity index is 2330. The fourth-order valence-corrected chi connectivity index (χ4v) is 6.59. The van der Waals surface area contributed by atoms with E-state index in [1.165, 1.54) is 35.4 Å². The summed E-state index contributed by atoms with van der Waals surface area (Å²) in [5.41, 5.74) is 4.44. The van der Waals surface area contributed by atoms with Gasteiger partial charge in [0.1, 0.15) is 11.5 Å². The van der Waals surface area contributed by atoms with E-state index in [1.807, 2.05) is 48.5 Å². The molecule has 5 aromatic rings. The molecule has 0 N–H and O–H groups in total. The normalized spacial score (nSPS) is 12.0. The van der Waals surface area contributed by atoms with Gasteiger partial charge in [-0.1, -0.05) is 104 Å². The van der Waals surface area contributed by atoms with Crippen molar-refractivity contribution in [2.45, 2.75) is 38.9 Å². The van der Waals surface area contributed by atoms with Crippen LogP contribution in [0.5, 0.6) is 11.5 Å². The van der Waals surface area contributed by atoms with Crippen LogP contribution in [0.3, 0.4) is 0 Å². The molecular formula is C45H41N3O7. The summed E-state index contributed by atoms with van der Waals surface area (Å²) in [6, 6.07) is 32.1. The molecule has 4 aromatic carbocycles. The van der Waals surface area contributed by atoms with Crippen molar-refractivity contribution >= 4 is 11.9 Å². The molecule has 1 heterocycles. The van der Waals surface area contributed by atoms with Crippen LogP contribution in [-0.4, -0.2) is 25.6 Å². The van der Waals surface area contributed by atoms with Crippen LogP contribution in [-0.2, 0) is 34.6 Å². The van der Waals surface area contributed by atoms with Gasteiger partial charge in [0, 0.05) is 11.6 Å². The number of rotatable bonds is 12. The average molecular weight is 736 g/mol. The van der Waals surface area contributed by atoms with Crippen LogP contribution in [0.15, 0.2) is 174 Å². The van der Waals surface area contributed by atoms with E-state index < -0.39 is 34.4 Å².